The van der Waals surface area contributed by atoms with Gasteiger partial charge in [-0.15, -0.1) is 0 Å². The first-order chi connectivity index (χ1) is 10.4. The van der Waals surface area contributed by atoms with Crippen LogP contribution in [0.3, 0.4) is 0 Å². The Labute approximate surface area is 208 Å². The van der Waals surface area contributed by atoms with Crippen molar-refractivity contribution >= 4 is 37.2 Å². The van der Waals surface area contributed by atoms with E-state index in [9.17, 15) is 0 Å². The fourth-order valence-electron chi connectivity index (χ4n) is 5.47. The van der Waals surface area contributed by atoms with E-state index in [1.165, 1.54) is 0 Å². The van der Waals surface area contributed by atoms with Crippen LogP contribution in [0.2, 0.25) is 0 Å². The van der Waals surface area contributed by atoms with Crippen LogP contribution in [0.5, 0.6) is 0 Å². The van der Waals surface area contributed by atoms with Gasteiger partial charge in [0.1, 0.15) is 0 Å². The quantitative estimate of drug-likeness (QED) is 0.255. The Morgan fingerprint density at radius 3 is 0.833 bits per heavy atom. The van der Waals surface area contributed by atoms with Crippen LogP contribution in [0.25, 0.3) is 0 Å². The van der Waals surface area contributed by atoms with Crippen molar-refractivity contribution in [1.29, 1.82) is 0 Å². The molecule has 0 aromatic heterocycles. The van der Waals surface area contributed by atoms with Crippen molar-refractivity contribution in [2.75, 3.05) is 7.05 Å². The Balaban J connectivity index is -0.000000196. The molecule has 1 heterocycles. The maximum Gasteiger partial charge on any atom is 0.0220 e. The Bertz CT molecular complexity index is 313. The second-order valence-corrected chi connectivity index (χ2v) is 7.55. The van der Waals surface area contributed by atoms with Crippen molar-refractivity contribution in [3.63, 3.8) is 0 Å². The van der Waals surface area contributed by atoms with Gasteiger partial charge >= 0.3 is 0 Å². The Hall–Kier alpha value is 2.68. The first kappa shape index (κ1) is 34.2. The van der Waals surface area contributed by atoms with Crippen molar-refractivity contribution in [2.24, 2.45) is 16.2 Å². The van der Waals surface area contributed by atoms with E-state index in [1.54, 1.807) is 0 Å². The van der Waals surface area contributed by atoms with Gasteiger partial charge < -0.3 is 0 Å². The van der Waals surface area contributed by atoms with E-state index >= 15 is 0 Å². The van der Waals surface area contributed by atoms with E-state index in [-0.39, 0.29) is 48.8 Å². The second kappa shape index (κ2) is 12.3. The van der Waals surface area contributed by atoms with Crippen LogP contribution in [0.1, 0.15) is 96.9 Å². The summed E-state index contributed by atoms with van der Waals surface area (Å²) in [5.41, 5.74) is 1.86. The predicted molar refractivity (Wildman–Crippen MR) is 128 cm³/mol. The van der Waals surface area contributed by atoms with Crippen molar-refractivity contribution in [3.05, 3.63) is 0 Å². The number of halogens is 2. The van der Waals surface area contributed by atoms with Crippen molar-refractivity contribution in [1.82, 2.24) is 4.90 Å². The smallest absolute Gasteiger partial charge is 0.0220 e. The monoisotopic (exact) mass is 593 g/mol. The average Bonchev–Trinajstić information content (AvgIpc) is 2.92. The molecule has 0 N–H and O–H groups in total. The number of rotatable bonds is 0. The summed E-state index contributed by atoms with van der Waals surface area (Å²) in [6.45, 7) is 31.5. The van der Waals surface area contributed by atoms with Crippen LogP contribution in [-0.2, 0) is 0 Å². The molecule has 2 unspecified atom stereocenters. The average molecular weight is 593 g/mol. The van der Waals surface area contributed by atoms with Crippen molar-refractivity contribution < 1.29 is 37.7 Å². The molecule has 4 heteroatoms. The Kier molecular flexibility index (Phi) is 17.5. The molecule has 152 valence electrons. The molecule has 1 saturated carbocycles. The van der Waals surface area contributed by atoms with E-state index in [0.717, 1.165) is 0 Å². The summed E-state index contributed by atoms with van der Waals surface area (Å²) in [5.74, 6) is 0. The molecule has 0 aromatic rings. The number of hydrogen-bond donors (Lipinski definition) is 0. The van der Waals surface area contributed by atoms with Crippen LogP contribution in [0.4, 0.5) is 0 Å². The fourth-order valence-corrected chi connectivity index (χ4v) is 5.47. The minimum absolute atomic E-state index is 0. The molecule has 2 rings (SSSR count). The largest absolute Gasteiger partial charge is 0.295 e. The molecule has 1 saturated heterocycles. The number of likely N-dealkylation sites (tertiary alicyclic amines) is 1. The van der Waals surface area contributed by atoms with Gasteiger partial charge in [-0.05, 0) is 51.0 Å². The first-order valence-electron chi connectivity index (χ1n) is 9.29. The maximum atomic E-state index is 2.59. The van der Waals surface area contributed by atoms with Crippen LogP contribution < -0.4 is 0 Å². The summed E-state index contributed by atoms with van der Waals surface area (Å²) < 4.78 is 0. The minimum Gasteiger partial charge on any atom is -0.295 e. The van der Waals surface area contributed by atoms with E-state index in [0.29, 0.717) is 16.2 Å². The van der Waals surface area contributed by atoms with Gasteiger partial charge in [0.15, 0.2) is 0 Å². The zero-order valence-corrected chi connectivity index (χ0v) is 24.1. The van der Waals surface area contributed by atoms with Gasteiger partial charge in [0.25, 0.3) is 0 Å². The van der Waals surface area contributed by atoms with Gasteiger partial charge in [0.05, 0.1) is 0 Å². The molecule has 0 bridgehead atoms. The molecule has 2 aliphatic rings. The predicted octanol–water partition coefficient (Wildman–Crippen LogP) is 8.39. The molecule has 0 amide bonds. The first-order valence-corrected chi connectivity index (χ1v) is 15.6. The SMILES string of the molecule is CC.CC.CC.CN1C(C)(C)C2(C)C(C)(C)C2(C)C1(C)C.II.[Ar]. The topological polar surface area (TPSA) is 3.24 Å². The summed E-state index contributed by atoms with van der Waals surface area (Å²) in [6.07, 6.45) is 0. The van der Waals surface area contributed by atoms with Gasteiger partial charge in [0.2, 0.25) is 0 Å². The minimum atomic E-state index is 0. The van der Waals surface area contributed by atoms with E-state index in [2.05, 4.69) is 105 Å². The third-order valence-electron chi connectivity index (χ3n) is 7.56. The van der Waals surface area contributed by atoms with Crippen molar-refractivity contribution in [2.45, 2.75) is 108 Å². The number of fused-ring (bicyclic) bond motifs is 1. The Morgan fingerprint density at radius 2 is 0.708 bits per heavy atom. The molecule has 1 aliphatic heterocycles. The summed E-state index contributed by atoms with van der Waals surface area (Å²) >= 11 is 4.24. The molecule has 0 radical (unpaired) electrons. The zero-order chi connectivity index (χ0) is 20.1. The third-order valence-corrected chi connectivity index (χ3v) is 7.56. The number of hydrogen-bond acceptors (Lipinski definition) is 1. The molecule has 1 aliphatic carbocycles. The van der Waals surface area contributed by atoms with Gasteiger partial charge in [-0.25, -0.2) is 0 Å². The van der Waals surface area contributed by atoms with Crippen LogP contribution in [0, 0.1) is 54.0 Å². The fraction of sp³-hybridized carbons (Fsp3) is 1.00. The van der Waals surface area contributed by atoms with Crippen LogP contribution in [-0.4, -0.2) is 23.0 Å². The molecule has 24 heavy (non-hydrogen) atoms. The summed E-state index contributed by atoms with van der Waals surface area (Å²) in [6, 6.07) is 0. The van der Waals surface area contributed by atoms with Gasteiger partial charge in [0, 0.05) is 86.0 Å². The van der Waals surface area contributed by atoms with Crippen LogP contribution >= 0.6 is 37.2 Å². The summed E-state index contributed by atoms with van der Waals surface area (Å²) in [4.78, 5) is 2.59. The summed E-state index contributed by atoms with van der Waals surface area (Å²) in [5, 5.41) is 0. The summed E-state index contributed by atoms with van der Waals surface area (Å²) in [7, 11) is 2.29. The molecule has 2 atom stereocenters. The van der Waals surface area contributed by atoms with Gasteiger partial charge in [-0.2, -0.15) is 0 Å². The second-order valence-electron chi connectivity index (χ2n) is 7.55. The molecule has 0 spiro atoms. The van der Waals surface area contributed by atoms with E-state index in [4.69, 9.17) is 0 Å². The van der Waals surface area contributed by atoms with Gasteiger partial charge in [-0.3, -0.25) is 4.90 Å². The molecule has 0 aromatic carbocycles. The Morgan fingerprint density at radius 1 is 0.542 bits per heavy atom. The zero-order valence-electron chi connectivity index (χ0n) is 19.1. The maximum absolute atomic E-state index is 2.59. The van der Waals surface area contributed by atoms with Crippen molar-refractivity contribution in [3.8, 4) is 0 Å². The number of piperidine rings is 1. The molecular formula is C20H45ArI2N. The van der Waals surface area contributed by atoms with Gasteiger partial charge in [-0.1, -0.05) is 69.2 Å². The molecule has 1 nitrogen and oxygen atoms in total. The molecule has 2 fully saturated rings. The van der Waals surface area contributed by atoms with Crippen LogP contribution in [0.15, 0.2) is 0 Å². The van der Waals surface area contributed by atoms with E-state index in [1.807, 2.05) is 41.5 Å². The number of nitrogens with zero attached hydrogens (tertiary/aromatic N) is 1. The standard InChI is InChI=1S/C14H27N.3C2H6.Ar.I2/c1-10(2)13(7)11(3,4)15(9)12(5,6)14(10,13)8;3*1-2;;1-2/h1-9H3;3*1-2H3;;. The van der Waals surface area contributed by atoms with E-state index < -0.39 is 0 Å². The third kappa shape index (κ3) is 4.16. The molecular weight excluding hydrogens is 548 g/mol. The normalized spacial score (nSPS) is 32.4.